The Kier molecular flexibility index (Phi) is 4.44. The van der Waals surface area contributed by atoms with Gasteiger partial charge in [0.1, 0.15) is 6.34 Å². The summed E-state index contributed by atoms with van der Waals surface area (Å²) < 4.78 is 38.5. The monoisotopic (exact) mass is 237 g/mol. The number of alkyl halides is 3. The molecule has 0 aromatic heterocycles. The highest BCUT2D eigenvalue weighted by Crippen LogP contribution is 2.30. The Morgan fingerprint density at radius 3 is 2.38 bits per heavy atom. The summed E-state index contributed by atoms with van der Waals surface area (Å²) in [5.41, 5.74) is 0. The first-order valence-corrected chi connectivity index (χ1v) is 5.64. The molecule has 1 atom stereocenters. The number of hydrogen-bond donors (Lipinski definition) is 0. The summed E-state index contributed by atoms with van der Waals surface area (Å²) in [4.78, 5) is 1.28. The fourth-order valence-corrected chi connectivity index (χ4v) is 1.72. The zero-order valence-corrected chi connectivity index (χ0v) is 9.67. The molecule has 0 aromatic carbocycles. The van der Waals surface area contributed by atoms with Gasteiger partial charge in [-0.05, 0) is 12.8 Å². The van der Waals surface area contributed by atoms with Crippen LogP contribution in [0.25, 0.3) is 0 Å². The summed E-state index contributed by atoms with van der Waals surface area (Å²) in [5.74, 6) is 0. The molecule has 1 unspecified atom stereocenters. The van der Waals surface area contributed by atoms with E-state index in [4.69, 9.17) is 0 Å². The van der Waals surface area contributed by atoms with Crippen molar-refractivity contribution in [2.75, 3.05) is 13.1 Å². The number of unbranched alkanes of at least 4 members (excludes halogenated alkanes) is 1. The molecule has 0 spiro atoms. The lowest BCUT2D eigenvalue weighted by molar-refractivity contribution is -0.207. The van der Waals surface area contributed by atoms with Crippen molar-refractivity contribution in [2.24, 2.45) is 5.10 Å². The molecule has 94 valence electrons. The van der Waals surface area contributed by atoms with Crippen LogP contribution in [-0.2, 0) is 0 Å². The molecule has 16 heavy (non-hydrogen) atoms. The predicted molar refractivity (Wildman–Crippen MR) is 56.9 cm³/mol. The van der Waals surface area contributed by atoms with Crippen molar-refractivity contribution < 1.29 is 13.2 Å². The Morgan fingerprint density at radius 2 is 1.88 bits per heavy atom. The highest BCUT2D eigenvalue weighted by Gasteiger charge is 2.48. The summed E-state index contributed by atoms with van der Waals surface area (Å²) in [6, 6.07) is 0. The van der Waals surface area contributed by atoms with Gasteiger partial charge in [0.2, 0.25) is 6.17 Å². The molecule has 0 saturated carbocycles. The van der Waals surface area contributed by atoms with Crippen molar-refractivity contribution in [1.82, 2.24) is 9.91 Å². The van der Waals surface area contributed by atoms with Gasteiger partial charge in [-0.1, -0.05) is 20.3 Å². The van der Waals surface area contributed by atoms with E-state index < -0.39 is 12.3 Å². The third-order valence-electron chi connectivity index (χ3n) is 2.46. The van der Waals surface area contributed by atoms with Crippen LogP contribution in [0.1, 0.15) is 33.1 Å². The van der Waals surface area contributed by atoms with Crippen LogP contribution in [0.15, 0.2) is 5.10 Å². The summed E-state index contributed by atoms with van der Waals surface area (Å²) in [7, 11) is 0. The SMILES string of the molecule is CCCCN1C=NN(CCC)C1C(F)(F)F. The van der Waals surface area contributed by atoms with Gasteiger partial charge in [0.05, 0.1) is 0 Å². The van der Waals surface area contributed by atoms with Gasteiger partial charge in [0.15, 0.2) is 0 Å². The average Bonchev–Trinajstić information content (AvgIpc) is 2.58. The molecule has 0 aromatic rings. The fraction of sp³-hybridized carbons (Fsp3) is 0.900. The van der Waals surface area contributed by atoms with E-state index >= 15 is 0 Å². The first kappa shape index (κ1) is 13.1. The molecule has 0 bridgehead atoms. The molecule has 0 N–H and O–H groups in total. The van der Waals surface area contributed by atoms with E-state index in [9.17, 15) is 13.2 Å². The predicted octanol–water partition coefficient (Wildman–Crippen LogP) is 2.65. The van der Waals surface area contributed by atoms with Gasteiger partial charge >= 0.3 is 6.18 Å². The first-order valence-electron chi connectivity index (χ1n) is 5.64. The Bertz CT molecular complexity index is 240. The van der Waals surface area contributed by atoms with Crippen LogP contribution in [0.2, 0.25) is 0 Å². The van der Waals surface area contributed by atoms with E-state index in [1.807, 2.05) is 13.8 Å². The second-order valence-corrected chi connectivity index (χ2v) is 3.90. The number of hydrogen-bond acceptors (Lipinski definition) is 3. The second kappa shape index (κ2) is 5.41. The van der Waals surface area contributed by atoms with Gasteiger partial charge in [-0.15, -0.1) is 0 Å². The van der Waals surface area contributed by atoms with Crippen LogP contribution < -0.4 is 0 Å². The zero-order valence-electron chi connectivity index (χ0n) is 9.67. The molecule has 3 nitrogen and oxygen atoms in total. The number of rotatable bonds is 5. The number of hydrazone groups is 1. The zero-order chi connectivity index (χ0) is 12.2. The normalized spacial score (nSPS) is 20.9. The third kappa shape index (κ3) is 3.02. The average molecular weight is 237 g/mol. The highest BCUT2D eigenvalue weighted by molar-refractivity contribution is 5.57. The lowest BCUT2D eigenvalue weighted by Gasteiger charge is -2.31. The fourth-order valence-electron chi connectivity index (χ4n) is 1.72. The summed E-state index contributed by atoms with van der Waals surface area (Å²) in [6.07, 6.45) is -2.23. The van der Waals surface area contributed by atoms with Crippen molar-refractivity contribution in [3.05, 3.63) is 0 Å². The van der Waals surface area contributed by atoms with Crippen molar-refractivity contribution in [2.45, 2.75) is 45.5 Å². The van der Waals surface area contributed by atoms with Crippen molar-refractivity contribution >= 4 is 6.34 Å². The van der Waals surface area contributed by atoms with E-state index in [0.29, 0.717) is 19.5 Å². The van der Waals surface area contributed by atoms with Gasteiger partial charge in [-0.2, -0.15) is 18.3 Å². The molecule has 0 fully saturated rings. The molecule has 0 aliphatic carbocycles. The Balaban J connectivity index is 2.68. The van der Waals surface area contributed by atoms with E-state index in [-0.39, 0.29) is 0 Å². The molecule has 1 heterocycles. The molecule has 1 rings (SSSR count). The van der Waals surface area contributed by atoms with Gasteiger partial charge < -0.3 is 4.90 Å². The molecule has 0 saturated heterocycles. The molecular weight excluding hydrogens is 219 g/mol. The van der Waals surface area contributed by atoms with Gasteiger partial charge in [-0.3, -0.25) is 5.01 Å². The minimum absolute atomic E-state index is 0.337. The summed E-state index contributed by atoms with van der Waals surface area (Å²) >= 11 is 0. The standard InChI is InChI=1S/C10H18F3N3/c1-3-5-7-15-8-14-16(6-4-2)9(15)10(11,12)13/h8-9H,3-7H2,1-2H3. The second-order valence-electron chi connectivity index (χ2n) is 3.90. The quantitative estimate of drug-likeness (QED) is 0.732. The van der Waals surface area contributed by atoms with E-state index in [0.717, 1.165) is 17.9 Å². The maximum Gasteiger partial charge on any atom is 0.429 e. The maximum atomic E-state index is 12.8. The molecular formula is C10H18F3N3. The van der Waals surface area contributed by atoms with E-state index in [2.05, 4.69) is 5.10 Å². The Hall–Kier alpha value is -0.940. The van der Waals surface area contributed by atoms with Gasteiger partial charge in [0.25, 0.3) is 0 Å². The Labute approximate surface area is 93.9 Å². The smallest absolute Gasteiger partial charge is 0.332 e. The van der Waals surface area contributed by atoms with Crippen molar-refractivity contribution in [1.29, 1.82) is 0 Å². The molecule has 6 heteroatoms. The molecule has 1 aliphatic heterocycles. The minimum Gasteiger partial charge on any atom is -0.332 e. The van der Waals surface area contributed by atoms with Gasteiger partial charge in [0, 0.05) is 13.1 Å². The van der Waals surface area contributed by atoms with E-state index in [1.165, 1.54) is 11.2 Å². The lowest BCUT2D eigenvalue weighted by Crippen LogP contribution is -2.50. The number of halogens is 3. The lowest BCUT2D eigenvalue weighted by atomic mass is 10.3. The molecule has 0 radical (unpaired) electrons. The highest BCUT2D eigenvalue weighted by atomic mass is 19.4. The van der Waals surface area contributed by atoms with Crippen LogP contribution in [0.4, 0.5) is 13.2 Å². The summed E-state index contributed by atoms with van der Waals surface area (Å²) in [6.45, 7) is 4.55. The molecule has 0 amide bonds. The molecule has 1 aliphatic rings. The van der Waals surface area contributed by atoms with Crippen LogP contribution >= 0.6 is 0 Å². The topological polar surface area (TPSA) is 18.8 Å². The third-order valence-corrected chi connectivity index (χ3v) is 2.46. The first-order chi connectivity index (χ1) is 7.50. The largest absolute Gasteiger partial charge is 0.429 e. The maximum absolute atomic E-state index is 12.8. The van der Waals surface area contributed by atoms with E-state index in [1.54, 1.807) is 0 Å². The van der Waals surface area contributed by atoms with Crippen molar-refractivity contribution in [3.63, 3.8) is 0 Å². The number of nitrogens with zero attached hydrogens (tertiary/aromatic N) is 3. The van der Waals surface area contributed by atoms with Crippen molar-refractivity contribution in [3.8, 4) is 0 Å². The minimum atomic E-state index is -4.25. The Morgan fingerprint density at radius 1 is 1.19 bits per heavy atom. The summed E-state index contributed by atoms with van der Waals surface area (Å²) in [5, 5.41) is 4.94. The van der Waals surface area contributed by atoms with Crippen LogP contribution in [0.3, 0.4) is 0 Å². The van der Waals surface area contributed by atoms with Crippen LogP contribution in [0.5, 0.6) is 0 Å². The van der Waals surface area contributed by atoms with Crippen LogP contribution in [-0.4, -0.2) is 41.7 Å². The van der Waals surface area contributed by atoms with Gasteiger partial charge in [-0.25, -0.2) is 0 Å². The van der Waals surface area contributed by atoms with Crippen LogP contribution in [0, 0.1) is 0 Å².